The molecule has 1 fully saturated rings. The van der Waals surface area contributed by atoms with Crippen LogP contribution in [0.4, 0.5) is 0 Å². The van der Waals surface area contributed by atoms with Crippen LogP contribution in [0.1, 0.15) is 57.1 Å². The Balaban J connectivity index is 1.87. The lowest BCUT2D eigenvalue weighted by molar-refractivity contribution is 0.109. The summed E-state index contributed by atoms with van der Waals surface area (Å²) in [5.74, 6) is 0.587. The van der Waals surface area contributed by atoms with Gasteiger partial charge in [0.15, 0.2) is 0 Å². The van der Waals surface area contributed by atoms with E-state index in [4.69, 9.17) is 0 Å². The van der Waals surface area contributed by atoms with Crippen molar-refractivity contribution in [3.8, 4) is 0 Å². The lowest BCUT2D eigenvalue weighted by Gasteiger charge is -2.39. The number of nitrogens with zero attached hydrogens (tertiary/aromatic N) is 1. The van der Waals surface area contributed by atoms with Gasteiger partial charge in [-0.1, -0.05) is 51.5 Å². The number of hydrogen-bond donors (Lipinski definition) is 1. The summed E-state index contributed by atoms with van der Waals surface area (Å²) in [7, 11) is 2.02. The van der Waals surface area contributed by atoms with Crippen molar-refractivity contribution in [1.29, 1.82) is 0 Å². The van der Waals surface area contributed by atoms with Crippen LogP contribution in [0.25, 0.3) is 0 Å². The molecular formula is C19H32N2. The molecule has 0 radical (unpaired) electrons. The molecule has 1 atom stereocenters. The van der Waals surface area contributed by atoms with Gasteiger partial charge in [0.05, 0.1) is 0 Å². The fraction of sp³-hybridized carbons (Fsp3) is 0.684. The topological polar surface area (TPSA) is 15.3 Å². The lowest BCUT2D eigenvalue weighted by atomic mass is 9.78. The Morgan fingerprint density at radius 1 is 1.19 bits per heavy atom. The predicted molar refractivity (Wildman–Crippen MR) is 91.7 cm³/mol. The summed E-state index contributed by atoms with van der Waals surface area (Å²) in [5, 5.41) is 3.25. The first kappa shape index (κ1) is 16.5. The molecule has 1 heterocycles. The second-order valence-electron chi connectivity index (χ2n) is 7.14. The third kappa shape index (κ3) is 4.55. The zero-order chi connectivity index (χ0) is 15.3. The zero-order valence-corrected chi connectivity index (χ0v) is 14.3. The Kier molecular flexibility index (Phi) is 5.83. The van der Waals surface area contributed by atoms with Crippen LogP contribution >= 0.6 is 0 Å². The number of nitrogens with one attached hydrogen (secondary N) is 1. The number of piperidine rings is 1. The van der Waals surface area contributed by atoms with E-state index in [0.717, 1.165) is 13.1 Å². The molecule has 1 aliphatic heterocycles. The summed E-state index contributed by atoms with van der Waals surface area (Å²) >= 11 is 0. The summed E-state index contributed by atoms with van der Waals surface area (Å²) in [6.45, 7) is 11.7. The Bertz CT molecular complexity index is 416. The molecule has 2 heteroatoms. The summed E-state index contributed by atoms with van der Waals surface area (Å²) in [6, 6.07) is 9.24. The molecule has 0 aliphatic carbocycles. The minimum atomic E-state index is 0.586. The van der Waals surface area contributed by atoms with Crippen LogP contribution < -0.4 is 5.32 Å². The zero-order valence-electron chi connectivity index (χ0n) is 14.3. The maximum absolute atomic E-state index is 3.25. The van der Waals surface area contributed by atoms with Crippen molar-refractivity contribution in [2.45, 2.75) is 52.5 Å². The molecule has 2 nitrogen and oxygen atoms in total. The molecule has 0 spiro atoms. The average Bonchev–Trinajstić information content (AvgIpc) is 2.51. The molecule has 21 heavy (non-hydrogen) atoms. The van der Waals surface area contributed by atoms with Gasteiger partial charge in [-0.25, -0.2) is 0 Å². The molecule has 0 aromatic heterocycles. The average molecular weight is 288 g/mol. The molecule has 0 amide bonds. The van der Waals surface area contributed by atoms with Gasteiger partial charge in [0.2, 0.25) is 0 Å². The molecule has 1 aromatic rings. The molecule has 2 rings (SSSR count). The first-order valence-corrected chi connectivity index (χ1v) is 8.52. The standard InChI is InChI=1S/C19H32N2/c1-5-19(3)10-12-21(13-11-19)15-17-6-8-18(9-7-17)16(2)14-20-4/h6-9,16,20H,5,10-15H2,1-4H3. The van der Waals surface area contributed by atoms with Gasteiger partial charge in [-0.2, -0.15) is 0 Å². The third-order valence-electron chi connectivity index (χ3n) is 5.38. The van der Waals surface area contributed by atoms with Crippen LogP contribution in [0, 0.1) is 5.41 Å². The van der Waals surface area contributed by atoms with E-state index in [1.54, 1.807) is 0 Å². The van der Waals surface area contributed by atoms with Gasteiger partial charge in [0, 0.05) is 13.1 Å². The van der Waals surface area contributed by atoms with Crippen molar-refractivity contribution >= 4 is 0 Å². The molecule has 1 saturated heterocycles. The van der Waals surface area contributed by atoms with Gasteiger partial charge >= 0.3 is 0 Å². The van der Waals surface area contributed by atoms with Gasteiger partial charge < -0.3 is 5.32 Å². The van der Waals surface area contributed by atoms with Gasteiger partial charge in [-0.05, 0) is 55.4 Å². The van der Waals surface area contributed by atoms with Crippen molar-refractivity contribution in [2.75, 3.05) is 26.7 Å². The summed E-state index contributed by atoms with van der Waals surface area (Å²) < 4.78 is 0. The van der Waals surface area contributed by atoms with Crippen LogP contribution in [-0.4, -0.2) is 31.6 Å². The Morgan fingerprint density at radius 3 is 2.33 bits per heavy atom. The quantitative estimate of drug-likeness (QED) is 0.850. The summed E-state index contributed by atoms with van der Waals surface area (Å²) in [4.78, 5) is 2.61. The largest absolute Gasteiger partial charge is 0.319 e. The maximum Gasteiger partial charge on any atom is 0.0233 e. The highest BCUT2D eigenvalue weighted by Gasteiger charge is 2.27. The number of rotatable bonds is 6. The third-order valence-corrected chi connectivity index (χ3v) is 5.38. The second kappa shape index (κ2) is 7.42. The second-order valence-corrected chi connectivity index (χ2v) is 7.14. The van der Waals surface area contributed by atoms with E-state index in [1.165, 1.54) is 43.5 Å². The Labute approximate surface area is 130 Å². The van der Waals surface area contributed by atoms with E-state index in [0.29, 0.717) is 11.3 Å². The molecule has 1 aromatic carbocycles. The summed E-state index contributed by atoms with van der Waals surface area (Å²) in [6.07, 6.45) is 4.01. The van der Waals surface area contributed by atoms with Crippen LogP contribution in [0.3, 0.4) is 0 Å². The SMILES string of the molecule is CCC1(C)CCN(Cc2ccc(C(C)CNC)cc2)CC1. The molecule has 0 saturated carbocycles. The summed E-state index contributed by atoms with van der Waals surface area (Å²) in [5.41, 5.74) is 3.48. The molecule has 118 valence electrons. The number of benzene rings is 1. The normalized spacial score (nSPS) is 20.4. The lowest BCUT2D eigenvalue weighted by Crippen LogP contribution is -2.37. The van der Waals surface area contributed by atoms with E-state index in [1.807, 2.05) is 7.05 Å². The van der Waals surface area contributed by atoms with Crippen LogP contribution in [0.5, 0.6) is 0 Å². The van der Waals surface area contributed by atoms with Gasteiger partial charge in [-0.15, -0.1) is 0 Å². The first-order valence-electron chi connectivity index (χ1n) is 8.52. The van der Waals surface area contributed by atoms with Crippen molar-refractivity contribution < 1.29 is 0 Å². The predicted octanol–water partition coefficient (Wildman–Crippen LogP) is 4.02. The minimum Gasteiger partial charge on any atom is -0.319 e. The van der Waals surface area contributed by atoms with E-state index in [2.05, 4.69) is 55.3 Å². The van der Waals surface area contributed by atoms with Crippen molar-refractivity contribution in [3.63, 3.8) is 0 Å². The first-order chi connectivity index (χ1) is 10.1. The Morgan fingerprint density at radius 2 is 1.81 bits per heavy atom. The van der Waals surface area contributed by atoms with Gasteiger partial charge in [0.25, 0.3) is 0 Å². The molecule has 1 N–H and O–H groups in total. The van der Waals surface area contributed by atoms with E-state index in [9.17, 15) is 0 Å². The van der Waals surface area contributed by atoms with Gasteiger partial charge in [-0.3, -0.25) is 4.90 Å². The van der Waals surface area contributed by atoms with Crippen molar-refractivity contribution in [2.24, 2.45) is 5.41 Å². The highest BCUT2D eigenvalue weighted by Crippen LogP contribution is 2.34. The Hall–Kier alpha value is -0.860. The highest BCUT2D eigenvalue weighted by atomic mass is 15.1. The smallest absolute Gasteiger partial charge is 0.0233 e. The molecule has 1 aliphatic rings. The highest BCUT2D eigenvalue weighted by molar-refractivity contribution is 5.25. The minimum absolute atomic E-state index is 0.586. The van der Waals surface area contributed by atoms with Crippen molar-refractivity contribution in [3.05, 3.63) is 35.4 Å². The number of likely N-dealkylation sites (tertiary alicyclic amines) is 1. The fourth-order valence-corrected chi connectivity index (χ4v) is 3.24. The van der Waals surface area contributed by atoms with Crippen LogP contribution in [0.15, 0.2) is 24.3 Å². The van der Waals surface area contributed by atoms with Crippen LogP contribution in [0.2, 0.25) is 0 Å². The van der Waals surface area contributed by atoms with Crippen LogP contribution in [-0.2, 0) is 6.54 Å². The molecule has 0 bridgehead atoms. The number of hydrogen-bond acceptors (Lipinski definition) is 2. The van der Waals surface area contributed by atoms with Crippen molar-refractivity contribution in [1.82, 2.24) is 10.2 Å². The van der Waals surface area contributed by atoms with E-state index >= 15 is 0 Å². The van der Waals surface area contributed by atoms with E-state index in [-0.39, 0.29) is 0 Å². The van der Waals surface area contributed by atoms with Gasteiger partial charge in [0.1, 0.15) is 0 Å². The fourth-order valence-electron chi connectivity index (χ4n) is 3.24. The molecule has 1 unspecified atom stereocenters. The monoisotopic (exact) mass is 288 g/mol. The number of likely N-dealkylation sites (N-methyl/N-ethyl adjacent to an activating group) is 1. The molecular weight excluding hydrogens is 256 g/mol. The van der Waals surface area contributed by atoms with E-state index < -0.39 is 0 Å². The maximum atomic E-state index is 3.25.